The Bertz CT molecular complexity index is 594. The molecule has 1 aromatic rings. The van der Waals surface area contributed by atoms with E-state index in [1.54, 1.807) is 19.2 Å². The van der Waals surface area contributed by atoms with Crippen LogP contribution in [0, 0.1) is 11.8 Å². The lowest BCUT2D eigenvalue weighted by atomic mass is 9.83. The van der Waals surface area contributed by atoms with Gasteiger partial charge in [-0.05, 0) is 43.5 Å². The van der Waals surface area contributed by atoms with E-state index in [2.05, 4.69) is 22.8 Å². The number of hydrogen-bond donors (Lipinski definition) is 3. The molecule has 4 N–H and O–H groups in total. The molecule has 132 valence electrons. The summed E-state index contributed by atoms with van der Waals surface area (Å²) in [6, 6.07) is 5.56. The lowest BCUT2D eigenvalue weighted by Gasteiger charge is -2.24. The van der Waals surface area contributed by atoms with E-state index in [9.17, 15) is 4.79 Å². The van der Waals surface area contributed by atoms with Crippen LogP contribution in [-0.4, -0.2) is 38.4 Å². The van der Waals surface area contributed by atoms with Crippen LogP contribution in [0.4, 0.5) is 5.69 Å². The van der Waals surface area contributed by atoms with Crippen LogP contribution in [0.25, 0.3) is 0 Å². The van der Waals surface area contributed by atoms with Crippen molar-refractivity contribution in [1.29, 1.82) is 0 Å². The summed E-state index contributed by atoms with van der Waals surface area (Å²) in [5.74, 6) is 0.552. The van der Waals surface area contributed by atoms with E-state index in [0.717, 1.165) is 24.1 Å². The molecule has 3 atom stereocenters. The highest BCUT2D eigenvalue weighted by molar-refractivity contribution is 6.31. The average Bonchev–Trinajstić information content (AvgIpc) is 2.97. The minimum absolute atomic E-state index is 0.178. The number of hydrogen-bond acceptors (Lipinski definition) is 5. The van der Waals surface area contributed by atoms with Crippen molar-refractivity contribution in [3.63, 3.8) is 0 Å². The van der Waals surface area contributed by atoms with Gasteiger partial charge in [0.05, 0.1) is 11.8 Å². The van der Waals surface area contributed by atoms with Crippen LogP contribution in [0.15, 0.2) is 23.3 Å². The molecule has 0 aliphatic carbocycles. The molecule has 7 heteroatoms. The Balaban J connectivity index is 2.32. The summed E-state index contributed by atoms with van der Waals surface area (Å²) < 4.78 is 5.21. The fourth-order valence-electron chi connectivity index (χ4n) is 3.01. The second-order valence-corrected chi connectivity index (χ2v) is 6.59. The van der Waals surface area contributed by atoms with Crippen molar-refractivity contribution in [2.75, 3.05) is 25.6 Å². The molecule has 1 amide bonds. The molecule has 0 bridgehead atoms. The van der Waals surface area contributed by atoms with E-state index in [4.69, 9.17) is 22.1 Å². The fraction of sp³-hybridized carbons (Fsp3) is 0.529. The van der Waals surface area contributed by atoms with Crippen LogP contribution < -0.4 is 16.5 Å². The molecule has 0 saturated carbocycles. The second-order valence-electron chi connectivity index (χ2n) is 6.15. The summed E-state index contributed by atoms with van der Waals surface area (Å²) in [6.45, 7) is 3.41. The first kappa shape index (κ1) is 18.7. The SMILES string of the molecule is COCCC1NN=C(c2cc(Cl)ccc2NC=O)C1CC(C)CN. The maximum atomic E-state index is 10.9. The molecular weight excluding hydrogens is 328 g/mol. The van der Waals surface area contributed by atoms with E-state index in [0.29, 0.717) is 36.2 Å². The van der Waals surface area contributed by atoms with Crippen molar-refractivity contribution in [3.8, 4) is 0 Å². The third-order valence-electron chi connectivity index (χ3n) is 4.35. The Morgan fingerprint density at radius 3 is 3.00 bits per heavy atom. The topological polar surface area (TPSA) is 88.7 Å². The quantitative estimate of drug-likeness (QED) is 0.594. The molecule has 1 aliphatic rings. The van der Waals surface area contributed by atoms with Crippen LogP contribution in [0.3, 0.4) is 0 Å². The van der Waals surface area contributed by atoms with Gasteiger partial charge in [0.25, 0.3) is 0 Å². The molecule has 1 aromatic carbocycles. The standard InChI is InChI=1S/C17H25ClN4O2/c1-11(9-19)7-13-16(5-6-24-2)21-22-17(13)14-8-12(18)3-4-15(14)20-10-23/h3-4,8,10-11,13,16,21H,5-7,9,19H2,1-2H3,(H,20,23). The van der Waals surface area contributed by atoms with Crippen molar-refractivity contribution >= 4 is 29.4 Å². The maximum absolute atomic E-state index is 10.9. The Hall–Kier alpha value is -1.63. The van der Waals surface area contributed by atoms with Gasteiger partial charge in [-0.2, -0.15) is 5.10 Å². The van der Waals surface area contributed by atoms with E-state index in [-0.39, 0.29) is 12.0 Å². The minimum atomic E-state index is 0.178. The second kappa shape index (κ2) is 9.01. The number of nitrogens with zero attached hydrogens (tertiary/aromatic N) is 1. The van der Waals surface area contributed by atoms with Crippen molar-refractivity contribution in [3.05, 3.63) is 28.8 Å². The normalized spacial score (nSPS) is 21.1. The average molecular weight is 353 g/mol. The molecule has 3 unspecified atom stereocenters. The number of carbonyl (C=O) groups is 1. The van der Waals surface area contributed by atoms with E-state index in [1.165, 1.54) is 0 Å². The minimum Gasteiger partial charge on any atom is -0.385 e. The van der Waals surface area contributed by atoms with Gasteiger partial charge in [0, 0.05) is 35.9 Å². The number of anilines is 1. The van der Waals surface area contributed by atoms with Gasteiger partial charge in [0.1, 0.15) is 0 Å². The fourth-order valence-corrected chi connectivity index (χ4v) is 3.18. The summed E-state index contributed by atoms with van der Waals surface area (Å²) >= 11 is 6.16. The lowest BCUT2D eigenvalue weighted by molar-refractivity contribution is -0.105. The van der Waals surface area contributed by atoms with Gasteiger partial charge in [0.2, 0.25) is 6.41 Å². The molecule has 0 fully saturated rings. The van der Waals surface area contributed by atoms with Crippen LogP contribution in [0.1, 0.15) is 25.3 Å². The molecule has 1 aliphatic heterocycles. The largest absolute Gasteiger partial charge is 0.385 e. The molecule has 24 heavy (non-hydrogen) atoms. The molecule has 0 saturated heterocycles. The van der Waals surface area contributed by atoms with E-state index < -0.39 is 0 Å². The highest BCUT2D eigenvalue weighted by Gasteiger charge is 2.34. The van der Waals surface area contributed by atoms with Gasteiger partial charge in [-0.1, -0.05) is 18.5 Å². The molecule has 6 nitrogen and oxygen atoms in total. The molecule has 1 heterocycles. The van der Waals surface area contributed by atoms with Gasteiger partial charge in [-0.25, -0.2) is 0 Å². The number of halogens is 1. The third-order valence-corrected chi connectivity index (χ3v) is 4.59. The number of nitrogens with two attached hydrogens (primary N) is 1. The van der Waals surface area contributed by atoms with Crippen LogP contribution in [-0.2, 0) is 9.53 Å². The van der Waals surface area contributed by atoms with E-state index >= 15 is 0 Å². The first-order chi connectivity index (χ1) is 11.6. The first-order valence-electron chi connectivity index (χ1n) is 8.12. The summed E-state index contributed by atoms with van der Waals surface area (Å²) in [5.41, 5.74) is 11.5. The van der Waals surface area contributed by atoms with Crippen molar-refractivity contribution in [2.45, 2.75) is 25.8 Å². The third kappa shape index (κ3) is 4.47. The predicted octanol–water partition coefficient (Wildman–Crippen LogP) is 2.22. The zero-order valence-corrected chi connectivity index (χ0v) is 14.8. The number of hydrazone groups is 1. The van der Waals surface area contributed by atoms with Crippen LogP contribution >= 0.6 is 11.6 Å². The van der Waals surface area contributed by atoms with Gasteiger partial charge in [0.15, 0.2) is 0 Å². The first-order valence-corrected chi connectivity index (χ1v) is 8.50. The zero-order chi connectivity index (χ0) is 17.5. The van der Waals surface area contributed by atoms with Gasteiger partial charge in [-0.15, -0.1) is 0 Å². The highest BCUT2D eigenvalue weighted by Crippen LogP contribution is 2.31. The van der Waals surface area contributed by atoms with E-state index in [1.807, 2.05) is 6.07 Å². The Morgan fingerprint density at radius 1 is 1.54 bits per heavy atom. The highest BCUT2D eigenvalue weighted by atomic mass is 35.5. The zero-order valence-electron chi connectivity index (χ0n) is 14.1. The number of ether oxygens (including phenoxy) is 1. The number of amides is 1. The van der Waals surface area contributed by atoms with Crippen molar-refractivity contribution in [2.24, 2.45) is 22.7 Å². The number of benzene rings is 1. The molecule has 0 aromatic heterocycles. The predicted molar refractivity (Wildman–Crippen MR) is 97.4 cm³/mol. The summed E-state index contributed by atoms with van der Waals surface area (Å²) in [4.78, 5) is 10.9. The van der Waals surface area contributed by atoms with Crippen LogP contribution in [0.2, 0.25) is 5.02 Å². The summed E-state index contributed by atoms with van der Waals surface area (Å²) in [7, 11) is 1.69. The number of methoxy groups -OCH3 is 1. The van der Waals surface area contributed by atoms with Gasteiger partial charge < -0.3 is 21.2 Å². The molecule has 2 rings (SSSR count). The molecule has 0 spiro atoms. The monoisotopic (exact) mass is 352 g/mol. The Kier molecular flexibility index (Phi) is 7.02. The number of carbonyl (C=O) groups excluding carboxylic acids is 1. The molecule has 0 radical (unpaired) electrons. The maximum Gasteiger partial charge on any atom is 0.211 e. The lowest BCUT2D eigenvalue weighted by Crippen LogP contribution is -2.33. The van der Waals surface area contributed by atoms with Gasteiger partial charge in [-0.3, -0.25) is 4.79 Å². The van der Waals surface area contributed by atoms with Gasteiger partial charge >= 0.3 is 0 Å². The Morgan fingerprint density at radius 2 is 2.33 bits per heavy atom. The Labute approximate surface area is 147 Å². The number of rotatable bonds is 9. The molecular formula is C17H25ClN4O2. The van der Waals surface area contributed by atoms with Crippen LogP contribution in [0.5, 0.6) is 0 Å². The number of nitrogens with one attached hydrogen (secondary N) is 2. The van der Waals surface area contributed by atoms with Crippen molar-refractivity contribution < 1.29 is 9.53 Å². The summed E-state index contributed by atoms with van der Waals surface area (Å²) in [6.07, 6.45) is 2.42. The summed E-state index contributed by atoms with van der Waals surface area (Å²) in [5, 5.41) is 7.88. The smallest absolute Gasteiger partial charge is 0.211 e. The van der Waals surface area contributed by atoms with Crippen molar-refractivity contribution in [1.82, 2.24) is 5.43 Å².